The average molecular weight is 375 g/mol. The predicted octanol–water partition coefficient (Wildman–Crippen LogP) is 3.48. The number of benzene rings is 2. The van der Waals surface area contributed by atoms with E-state index < -0.39 is 10.0 Å². The molecule has 1 heterocycles. The van der Waals surface area contributed by atoms with Gasteiger partial charge in [0.05, 0.1) is 18.6 Å². The van der Waals surface area contributed by atoms with Gasteiger partial charge < -0.3 is 9.47 Å². The van der Waals surface area contributed by atoms with Crippen LogP contribution in [0.1, 0.15) is 18.4 Å². The molecule has 0 saturated carbocycles. The van der Waals surface area contributed by atoms with Crippen molar-refractivity contribution in [1.82, 2.24) is 4.31 Å². The van der Waals surface area contributed by atoms with Crippen LogP contribution in [0.25, 0.3) is 0 Å². The van der Waals surface area contributed by atoms with Crippen molar-refractivity contribution in [2.75, 3.05) is 26.8 Å². The smallest absolute Gasteiger partial charge is 0.243 e. The van der Waals surface area contributed by atoms with Crippen LogP contribution in [-0.2, 0) is 10.0 Å². The Kier molecular flexibility index (Phi) is 5.84. The first-order valence-corrected chi connectivity index (χ1v) is 10.3. The van der Waals surface area contributed by atoms with Crippen molar-refractivity contribution < 1.29 is 17.9 Å². The minimum absolute atomic E-state index is 0.329. The summed E-state index contributed by atoms with van der Waals surface area (Å²) in [5, 5.41) is 0. The first kappa shape index (κ1) is 18.7. The van der Waals surface area contributed by atoms with Gasteiger partial charge in [0.1, 0.15) is 11.5 Å². The highest BCUT2D eigenvalue weighted by Crippen LogP contribution is 2.27. The molecule has 0 amide bonds. The zero-order valence-corrected chi connectivity index (χ0v) is 16.0. The third-order valence-corrected chi connectivity index (χ3v) is 6.70. The summed E-state index contributed by atoms with van der Waals surface area (Å²) >= 11 is 0. The highest BCUT2D eigenvalue weighted by Gasteiger charge is 2.30. The molecule has 1 aliphatic heterocycles. The lowest BCUT2D eigenvalue weighted by Crippen LogP contribution is -2.39. The largest absolute Gasteiger partial charge is 0.496 e. The lowest BCUT2D eigenvalue weighted by atomic mass is 9.99. The Hall–Kier alpha value is -2.05. The van der Waals surface area contributed by atoms with Crippen LogP contribution >= 0.6 is 0 Å². The number of ether oxygens (including phenoxy) is 2. The van der Waals surface area contributed by atoms with Gasteiger partial charge in [-0.05, 0) is 61.6 Å². The molecule has 3 rings (SSSR count). The maximum Gasteiger partial charge on any atom is 0.243 e. The van der Waals surface area contributed by atoms with Gasteiger partial charge in [0.15, 0.2) is 0 Å². The summed E-state index contributed by atoms with van der Waals surface area (Å²) in [6, 6.07) is 14.7. The fourth-order valence-corrected chi connectivity index (χ4v) is 4.76. The third kappa shape index (κ3) is 4.19. The Morgan fingerprint density at radius 1 is 1.08 bits per heavy atom. The Bertz CT molecular complexity index is 828. The molecule has 0 unspecified atom stereocenters. The third-order valence-electron chi connectivity index (χ3n) is 4.81. The Morgan fingerprint density at radius 2 is 1.77 bits per heavy atom. The van der Waals surface area contributed by atoms with Crippen molar-refractivity contribution in [3.8, 4) is 11.5 Å². The summed E-state index contributed by atoms with van der Waals surface area (Å²) in [7, 11) is -1.88. The summed E-state index contributed by atoms with van der Waals surface area (Å²) in [6.45, 7) is 3.52. The van der Waals surface area contributed by atoms with Gasteiger partial charge in [-0.2, -0.15) is 4.31 Å². The number of nitrogens with zero attached hydrogens (tertiary/aromatic N) is 1. The van der Waals surface area contributed by atoms with E-state index in [9.17, 15) is 8.42 Å². The minimum Gasteiger partial charge on any atom is -0.496 e. The van der Waals surface area contributed by atoms with E-state index in [-0.39, 0.29) is 0 Å². The van der Waals surface area contributed by atoms with Crippen molar-refractivity contribution in [2.24, 2.45) is 5.92 Å². The fraction of sp³-hybridized carbons (Fsp3) is 0.400. The molecule has 1 saturated heterocycles. The van der Waals surface area contributed by atoms with E-state index in [1.54, 1.807) is 29.6 Å². The monoisotopic (exact) mass is 375 g/mol. The normalized spacial score (nSPS) is 16.4. The number of sulfonamides is 1. The summed E-state index contributed by atoms with van der Waals surface area (Å²) in [4.78, 5) is 0.329. The van der Waals surface area contributed by atoms with E-state index >= 15 is 0 Å². The van der Waals surface area contributed by atoms with Gasteiger partial charge in [-0.15, -0.1) is 0 Å². The molecule has 26 heavy (non-hydrogen) atoms. The molecule has 0 spiro atoms. The molecular weight excluding hydrogens is 350 g/mol. The molecule has 2 aromatic carbocycles. The highest BCUT2D eigenvalue weighted by atomic mass is 32.2. The minimum atomic E-state index is -3.46. The van der Waals surface area contributed by atoms with Crippen LogP contribution < -0.4 is 9.47 Å². The molecule has 2 aromatic rings. The highest BCUT2D eigenvalue weighted by molar-refractivity contribution is 7.89. The first-order chi connectivity index (χ1) is 12.5. The summed E-state index contributed by atoms with van der Waals surface area (Å²) in [5.41, 5.74) is 0.819. The van der Waals surface area contributed by atoms with E-state index in [1.165, 1.54) is 0 Å². The number of piperidine rings is 1. The van der Waals surface area contributed by atoms with Crippen LogP contribution in [0.3, 0.4) is 0 Å². The number of methoxy groups -OCH3 is 1. The first-order valence-electron chi connectivity index (χ1n) is 8.83. The van der Waals surface area contributed by atoms with Gasteiger partial charge >= 0.3 is 0 Å². The van der Waals surface area contributed by atoms with E-state index in [0.717, 1.165) is 24.2 Å². The predicted molar refractivity (Wildman–Crippen MR) is 101 cm³/mol. The van der Waals surface area contributed by atoms with Crippen molar-refractivity contribution in [2.45, 2.75) is 24.7 Å². The second-order valence-corrected chi connectivity index (χ2v) is 8.54. The summed E-state index contributed by atoms with van der Waals surface area (Å²) < 4.78 is 38.4. The maximum atomic E-state index is 12.9. The fourth-order valence-electron chi connectivity index (χ4n) is 3.21. The van der Waals surface area contributed by atoms with Gasteiger partial charge in [0, 0.05) is 13.1 Å². The molecule has 0 radical (unpaired) electrons. The van der Waals surface area contributed by atoms with Crippen molar-refractivity contribution in [3.63, 3.8) is 0 Å². The van der Waals surface area contributed by atoms with E-state index in [1.807, 2.05) is 37.3 Å². The Labute approximate surface area is 155 Å². The number of hydrogen-bond acceptors (Lipinski definition) is 4. The van der Waals surface area contributed by atoms with Crippen molar-refractivity contribution in [3.05, 3.63) is 54.1 Å². The van der Waals surface area contributed by atoms with Gasteiger partial charge in [0.2, 0.25) is 10.0 Å². The summed E-state index contributed by atoms with van der Waals surface area (Å²) in [5.74, 6) is 1.93. The molecular formula is C20H25NO4S. The van der Waals surface area contributed by atoms with Crippen LogP contribution in [-0.4, -0.2) is 39.5 Å². The Morgan fingerprint density at radius 3 is 2.38 bits per heavy atom. The van der Waals surface area contributed by atoms with Crippen LogP contribution in [0.4, 0.5) is 0 Å². The number of rotatable bonds is 6. The zero-order valence-electron chi connectivity index (χ0n) is 15.2. The molecule has 0 atom stereocenters. The molecule has 0 bridgehead atoms. The molecule has 140 valence electrons. The average Bonchev–Trinajstić information content (AvgIpc) is 2.67. The number of hydrogen-bond donors (Lipinski definition) is 0. The van der Waals surface area contributed by atoms with Crippen LogP contribution in [0.15, 0.2) is 53.4 Å². The lowest BCUT2D eigenvalue weighted by molar-refractivity contribution is 0.185. The van der Waals surface area contributed by atoms with Crippen LogP contribution in [0.5, 0.6) is 11.5 Å². The topological polar surface area (TPSA) is 55.8 Å². The quantitative estimate of drug-likeness (QED) is 0.776. The zero-order chi connectivity index (χ0) is 18.6. The molecule has 1 aliphatic rings. The van der Waals surface area contributed by atoms with E-state index in [0.29, 0.717) is 36.3 Å². The molecule has 0 aliphatic carbocycles. The molecule has 0 N–H and O–H groups in total. The second kappa shape index (κ2) is 8.10. The second-order valence-electron chi connectivity index (χ2n) is 6.60. The standard InChI is InChI=1S/C20H25NO4S/c1-16-14-19(8-9-20(16)24-2)26(22,23)21-12-10-17(11-13-21)15-25-18-6-4-3-5-7-18/h3-9,14,17H,10-13,15H2,1-2H3. The van der Waals surface area contributed by atoms with Crippen LogP contribution in [0, 0.1) is 12.8 Å². The van der Waals surface area contributed by atoms with Crippen molar-refractivity contribution >= 4 is 10.0 Å². The van der Waals surface area contributed by atoms with Gasteiger partial charge in [-0.3, -0.25) is 0 Å². The van der Waals surface area contributed by atoms with Crippen molar-refractivity contribution in [1.29, 1.82) is 0 Å². The van der Waals surface area contributed by atoms with E-state index in [2.05, 4.69) is 0 Å². The number of aryl methyl sites for hydroxylation is 1. The van der Waals surface area contributed by atoms with Gasteiger partial charge in [-0.1, -0.05) is 18.2 Å². The maximum absolute atomic E-state index is 12.9. The number of para-hydroxylation sites is 1. The lowest BCUT2D eigenvalue weighted by Gasteiger charge is -2.31. The molecule has 0 aromatic heterocycles. The van der Waals surface area contributed by atoms with Gasteiger partial charge in [0.25, 0.3) is 0 Å². The van der Waals surface area contributed by atoms with Gasteiger partial charge in [-0.25, -0.2) is 8.42 Å². The van der Waals surface area contributed by atoms with Crippen LogP contribution in [0.2, 0.25) is 0 Å². The molecule has 1 fully saturated rings. The summed E-state index contributed by atoms with van der Waals surface area (Å²) in [6.07, 6.45) is 1.61. The molecule has 6 heteroatoms. The Balaban J connectivity index is 1.59. The SMILES string of the molecule is COc1ccc(S(=O)(=O)N2CCC(COc3ccccc3)CC2)cc1C. The molecule has 5 nitrogen and oxygen atoms in total. The van der Waals surface area contributed by atoms with E-state index in [4.69, 9.17) is 9.47 Å².